The van der Waals surface area contributed by atoms with Crippen molar-refractivity contribution in [2.45, 2.75) is 19.6 Å². The van der Waals surface area contributed by atoms with Crippen molar-refractivity contribution in [1.29, 1.82) is 0 Å². The van der Waals surface area contributed by atoms with Crippen LogP contribution < -0.4 is 0 Å². The quantitative estimate of drug-likeness (QED) is 0.686. The van der Waals surface area contributed by atoms with Gasteiger partial charge in [-0.05, 0) is 29.8 Å². The Labute approximate surface area is 147 Å². The van der Waals surface area contributed by atoms with E-state index in [1.165, 1.54) is 6.07 Å². The molecule has 3 rings (SSSR count). The summed E-state index contributed by atoms with van der Waals surface area (Å²) in [5, 5.41) is 9.37. The van der Waals surface area contributed by atoms with E-state index in [-0.39, 0.29) is 12.4 Å². The highest BCUT2D eigenvalue weighted by Gasteiger charge is 2.11. The minimum atomic E-state index is -0.190. The molecule has 0 bridgehead atoms. The van der Waals surface area contributed by atoms with Gasteiger partial charge in [0.15, 0.2) is 0 Å². The first-order valence-corrected chi connectivity index (χ1v) is 8.36. The molecule has 0 aliphatic heterocycles. The van der Waals surface area contributed by atoms with Crippen LogP contribution in [0.25, 0.3) is 0 Å². The zero-order valence-electron chi connectivity index (χ0n) is 14.1. The standard InChI is InChI=1S/C20H22FN3O/c21-20-8-2-1-6-18(20)15-24-10-4-7-19(24)16-23(11-12-25)14-17-5-3-9-22-13-17/h1-10,13,25H,11-12,14-16H2. The van der Waals surface area contributed by atoms with Crippen LogP contribution in [0.1, 0.15) is 16.8 Å². The van der Waals surface area contributed by atoms with E-state index < -0.39 is 0 Å². The second-order valence-electron chi connectivity index (χ2n) is 6.01. The van der Waals surface area contributed by atoms with Crippen molar-refractivity contribution in [1.82, 2.24) is 14.5 Å². The number of rotatable bonds is 8. The van der Waals surface area contributed by atoms with Gasteiger partial charge in [-0.15, -0.1) is 0 Å². The van der Waals surface area contributed by atoms with Gasteiger partial charge in [-0.25, -0.2) is 4.39 Å². The van der Waals surface area contributed by atoms with E-state index in [1.54, 1.807) is 18.3 Å². The van der Waals surface area contributed by atoms with Crippen molar-refractivity contribution in [2.24, 2.45) is 0 Å². The average Bonchev–Trinajstić information content (AvgIpc) is 3.05. The summed E-state index contributed by atoms with van der Waals surface area (Å²) >= 11 is 0. The van der Waals surface area contributed by atoms with Crippen LogP contribution in [0.4, 0.5) is 4.39 Å². The molecule has 1 N–H and O–H groups in total. The monoisotopic (exact) mass is 339 g/mol. The van der Waals surface area contributed by atoms with Crippen LogP contribution in [0.15, 0.2) is 67.1 Å². The van der Waals surface area contributed by atoms with Crippen LogP contribution in [0.2, 0.25) is 0 Å². The molecule has 0 saturated heterocycles. The Balaban J connectivity index is 1.72. The maximum atomic E-state index is 13.9. The molecule has 4 nitrogen and oxygen atoms in total. The van der Waals surface area contributed by atoms with Crippen LogP contribution in [0, 0.1) is 5.82 Å². The second kappa shape index (κ2) is 8.55. The van der Waals surface area contributed by atoms with E-state index in [9.17, 15) is 9.50 Å². The highest BCUT2D eigenvalue weighted by atomic mass is 19.1. The number of hydrogen-bond donors (Lipinski definition) is 1. The highest BCUT2D eigenvalue weighted by molar-refractivity contribution is 5.20. The van der Waals surface area contributed by atoms with Crippen LogP contribution in [-0.4, -0.2) is 32.7 Å². The Kier molecular flexibility index (Phi) is 5.93. The first-order chi connectivity index (χ1) is 12.3. The minimum Gasteiger partial charge on any atom is -0.395 e. The van der Waals surface area contributed by atoms with Gasteiger partial charge in [-0.1, -0.05) is 24.3 Å². The van der Waals surface area contributed by atoms with Crippen molar-refractivity contribution >= 4 is 0 Å². The smallest absolute Gasteiger partial charge is 0.128 e. The highest BCUT2D eigenvalue weighted by Crippen LogP contribution is 2.14. The molecule has 0 atom stereocenters. The summed E-state index contributed by atoms with van der Waals surface area (Å²) in [6, 6.07) is 14.8. The third kappa shape index (κ3) is 4.75. The molecule has 0 radical (unpaired) electrons. The Hall–Kier alpha value is -2.50. The lowest BCUT2D eigenvalue weighted by Crippen LogP contribution is -2.27. The summed E-state index contributed by atoms with van der Waals surface area (Å²) in [6.07, 6.45) is 5.55. The summed E-state index contributed by atoms with van der Waals surface area (Å²) in [5.74, 6) is -0.190. The molecule has 0 fully saturated rings. The maximum Gasteiger partial charge on any atom is 0.128 e. The van der Waals surface area contributed by atoms with Crippen molar-refractivity contribution in [3.63, 3.8) is 0 Å². The van der Waals surface area contributed by atoms with Gasteiger partial charge in [0.1, 0.15) is 5.82 Å². The van der Waals surface area contributed by atoms with E-state index >= 15 is 0 Å². The predicted octanol–water partition coefficient (Wildman–Crippen LogP) is 3.07. The molecule has 1 aromatic carbocycles. The third-order valence-corrected chi connectivity index (χ3v) is 4.15. The Bertz CT molecular complexity index is 788. The third-order valence-electron chi connectivity index (χ3n) is 4.15. The fraction of sp³-hybridized carbons (Fsp3) is 0.250. The molecule has 0 spiro atoms. The van der Waals surface area contributed by atoms with Crippen molar-refractivity contribution < 1.29 is 9.50 Å². The zero-order chi connectivity index (χ0) is 17.5. The Morgan fingerprint density at radius 3 is 2.68 bits per heavy atom. The molecule has 5 heteroatoms. The van der Waals surface area contributed by atoms with Gasteiger partial charge in [0, 0.05) is 49.5 Å². The first-order valence-electron chi connectivity index (χ1n) is 8.36. The molecule has 3 aromatic rings. The van der Waals surface area contributed by atoms with E-state index in [0.29, 0.717) is 31.7 Å². The molecule has 2 heterocycles. The van der Waals surface area contributed by atoms with Gasteiger partial charge in [-0.3, -0.25) is 9.88 Å². The van der Waals surface area contributed by atoms with Gasteiger partial charge < -0.3 is 9.67 Å². The summed E-state index contributed by atoms with van der Waals surface area (Å²) in [5.41, 5.74) is 2.85. The lowest BCUT2D eigenvalue weighted by molar-refractivity contribution is 0.181. The molecule has 0 amide bonds. The fourth-order valence-electron chi connectivity index (χ4n) is 2.89. The number of benzene rings is 1. The lowest BCUT2D eigenvalue weighted by Gasteiger charge is -2.22. The summed E-state index contributed by atoms with van der Waals surface area (Å²) in [6.45, 7) is 2.54. The van der Waals surface area contributed by atoms with Gasteiger partial charge in [0.05, 0.1) is 13.2 Å². The normalized spacial score (nSPS) is 11.2. The van der Waals surface area contributed by atoms with Gasteiger partial charge >= 0.3 is 0 Å². The van der Waals surface area contributed by atoms with Crippen LogP contribution in [0.5, 0.6) is 0 Å². The van der Waals surface area contributed by atoms with E-state index in [4.69, 9.17) is 0 Å². The fourth-order valence-corrected chi connectivity index (χ4v) is 2.89. The number of hydrogen-bond acceptors (Lipinski definition) is 3. The van der Waals surface area contributed by atoms with Crippen molar-refractivity contribution in [2.75, 3.05) is 13.2 Å². The average molecular weight is 339 g/mol. The van der Waals surface area contributed by atoms with E-state index in [0.717, 1.165) is 11.3 Å². The van der Waals surface area contributed by atoms with E-state index in [2.05, 4.69) is 9.88 Å². The second-order valence-corrected chi connectivity index (χ2v) is 6.01. The van der Waals surface area contributed by atoms with Gasteiger partial charge in [0.25, 0.3) is 0 Å². The molecule has 0 aliphatic rings. The first kappa shape index (κ1) is 17.3. The van der Waals surface area contributed by atoms with Crippen molar-refractivity contribution in [3.8, 4) is 0 Å². The number of aliphatic hydroxyl groups is 1. The summed E-state index contributed by atoms with van der Waals surface area (Å²) in [4.78, 5) is 6.30. The zero-order valence-corrected chi connectivity index (χ0v) is 14.1. The van der Waals surface area contributed by atoms with Crippen LogP contribution >= 0.6 is 0 Å². The molecular formula is C20H22FN3O. The number of aromatic nitrogens is 2. The van der Waals surface area contributed by atoms with E-state index in [1.807, 2.05) is 47.3 Å². The SMILES string of the molecule is OCCN(Cc1cccnc1)Cc1cccn1Cc1ccccc1F. The minimum absolute atomic E-state index is 0.0916. The molecule has 2 aromatic heterocycles. The van der Waals surface area contributed by atoms with Gasteiger partial charge in [-0.2, -0.15) is 0 Å². The maximum absolute atomic E-state index is 13.9. The van der Waals surface area contributed by atoms with Gasteiger partial charge in [0.2, 0.25) is 0 Å². The molecular weight excluding hydrogens is 317 g/mol. The van der Waals surface area contributed by atoms with Crippen LogP contribution in [0.3, 0.4) is 0 Å². The molecule has 0 aliphatic carbocycles. The molecule has 0 saturated carbocycles. The summed E-state index contributed by atoms with van der Waals surface area (Å²) < 4.78 is 16.0. The molecule has 25 heavy (non-hydrogen) atoms. The topological polar surface area (TPSA) is 41.3 Å². The summed E-state index contributed by atoms with van der Waals surface area (Å²) in [7, 11) is 0. The molecule has 130 valence electrons. The molecule has 0 unspecified atom stereocenters. The number of pyridine rings is 1. The largest absolute Gasteiger partial charge is 0.395 e. The van der Waals surface area contributed by atoms with Crippen LogP contribution in [-0.2, 0) is 19.6 Å². The Morgan fingerprint density at radius 1 is 1.04 bits per heavy atom. The lowest BCUT2D eigenvalue weighted by atomic mass is 10.2. The number of halogens is 1. The van der Waals surface area contributed by atoms with Crippen molar-refractivity contribution in [3.05, 3.63) is 89.8 Å². The Morgan fingerprint density at radius 2 is 1.92 bits per heavy atom. The predicted molar refractivity (Wildman–Crippen MR) is 95.4 cm³/mol. The number of aliphatic hydroxyl groups excluding tert-OH is 1. The number of nitrogens with zero attached hydrogens (tertiary/aromatic N) is 3.